The molecule has 0 N–H and O–H groups in total. The van der Waals surface area contributed by atoms with Crippen LogP contribution >= 0.6 is 11.3 Å². The number of ether oxygens (including phenoxy) is 3. The van der Waals surface area contributed by atoms with E-state index in [2.05, 4.69) is 4.98 Å². The lowest BCUT2D eigenvalue weighted by Gasteiger charge is -2.26. The summed E-state index contributed by atoms with van der Waals surface area (Å²) in [5.74, 6) is 1.16. The number of carbonyl (C=O) groups excluding carboxylic acids is 1. The van der Waals surface area contributed by atoms with Crippen molar-refractivity contribution in [2.75, 3.05) is 33.1 Å². The van der Waals surface area contributed by atoms with Crippen LogP contribution < -0.4 is 9.47 Å². The van der Waals surface area contributed by atoms with Gasteiger partial charge in [-0.05, 0) is 29.3 Å². The van der Waals surface area contributed by atoms with Gasteiger partial charge >= 0.3 is 6.18 Å². The van der Waals surface area contributed by atoms with Gasteiger partial charge in [-0.3, -0.25) is 9.69 Å². The predicted molar refractivity (Wildman–Crippen MR) is 126 cm³/mol. The minimum atomic E-state index is -4.41. The molecule has 0 spiro atoms. The fourth-order valence-electron chi connectivity index (χ4n) is 4.17. The Morgan fingerprint density at radius 3 is 2.53 bits per heavy atom. The average molecular weight is 520 g/mol. The first-order chi connectivity index (χ1) is 17.3. The highest BCUT2D eigenvalue weighted by Gasteiger charge is 2.30. The van der Waals surface area contributed by atoms with Crippen LogP contribution in [0.25, 0.3) is 0 Å². The van der Waals surface area contributed by atoms with Crippen LogP contribution in [0.4, 0.5) is 13.2 Å². The molecule has 1 saturated heterocycles. The van der Waals surface area contributed by atoms with Crippen LogP contribution in [-0.2, 0) is 30.5 Å². The SMILES string of the molecule is O=C(c1csc(CN(Cc2cccc(C(F)(F)F)c2)Cc2ccc3c(c2)OCO3)n1)N1CCOCC1. The second-order valence-corrected chi connectivity index (χ2v) is 9.50. The van der Waals surface area contributed by atoms with Crippen molar-refractivity contribution in [1.82, 2.24) is 14.8 Å². The highest BCUT2D eigenvalue weighted by atomic mass is 32.1. The maximum Gasteiger partial charge on any atom is 0.416 e. The second-order valence-electron chi connectivity index (χ2n) is 8.56. The molecule has 2 aromatic carbocycles. The minimum absolute atomic E-state index is 0.138. The first-order valence-electron chi connectivity index (χ1n) is 11.4. The highest BCUT2D eigenvalue weighted by Crippen LogP contribution is 2.33. The van der Waals surface area contributed by atoms with Crippen molar-refractivity contribution in [2.24, 2.45) is 0 Å². The Labute approximate surface area is 210 Å². The largest absolute Gasteiger partial charge is 0.454 e. The number of aromatic nitrogens is 1. The van der Waals surface area contributed by atoms with E-state index in [9.17, 15) is 18.0 Å². The number of hydrogen-bond acceptors (Lipinski definition) is 7. The summed E-state index contributed by atoms with van der Waals surface area (Å²) in [6.45, 7) is 3.29. The first-order valence-corrected chi connectivity index (χ1v) is 12.3. The topological polar surface area (TPSA) is 64.1 Å². The molecule has 0 aliphatic carbocycles. The maximum atomic E-state index is 13.3. The van der Waals surface area contributed by atoms with Gasteiger partial charge < -0.3 is 19.1 Å². The molecule has 1 fully saturated rings. The summed E-state index contributed by atoms with van der Waals surface area (Å²) in [6, 6.07) is 10.9. The smallest absolute Gasteiger partial charge is 0.416 e. The lowest BCUT2D eigenvalue weighted by molar-refractivity contribution is -0.137. The van der Waals surface area contributed by atoms with E-state index in [-0.39, 0.29) is 19.2 Å². The summed E-state index contributed by atoms with van der Waals surface area (Å²) in [4.78, 5) is 21.0. The van der Waals surface area contributed by atoms with Gasteiger partial charge in [0.2, 0.25) is 6.79 Å². The number of fused-ring (bicyclic) bond motifs is 1. The van der Waals surface area contributed by atoms with Crippen molar-refractivity contribution >= 4 is 17.2 Å². The monoisotopic (exact) mass is 519 g/mol. The van der Waals surface area contributed by atoms with Crippen molar-refractivity contribution in [3.63, 3.8) is 0 Å². The Kier molecular flexibility index (Phi) is 7.13. The average Bonchev–Trinajstić information content (AvgIpc) is 3.53. The van der Waals surface area contributed by atoms with Gasteiger partial charge in [-0.25, -0.2) is 4.98 Å². The van der Waals surface area contributed by atoms with Gasteiger partial charge in [-0.15, -0.1) is 11.3 Å². The van der Waals surface area contributed by atoms with Crippen molar-refractivity contribution in [1.29, 1.82) is 0 Å². The van der Waals surface area contributed by atoms with E-state index in [0.717, 1.165) is 11.6 Å². The molecule has 0 atom stereocenters. The number of rotatable bonds is 7. The number of nitrogens with zero attached hydrogens (tertiary/aromatic N) is 3. The van der Waals surface area contributed by atoms with E-state index in [1.165, 1.54) is 23.5 Å². The molecule has 0 bridgehead atoms. The summed E-state index contributed by atoms with van der Waals surface area (Å²) < 4.78 is 56.0. The minimum Gasteiger partial charge on any atom is -0.454 e. The molecule has 2 aliphatic rings. The van der Waals surface area contributed by atoms with Crippen molar-refractivity contribution in [2.45, 2.75) is 25.8 Å². The summed E-state index contributed by atoms with van der Waals surface area (Å²) in [7, 11) is 0. The molecular weight excluding hydrogens is 495 g/mol. The molecule has 1 amide bonds. The molecule has 1 aromatic heterocycles. The zero-order chi connectivity index (χ0) is 25.1. The van der Waals surface area contributed by atoms with Crippen molar-refractivity contribution in [3.8, 4) is 11.5 Å². The number of amides is 1. The Bertz CT molecular complexity index is 1230. The zero-order valence-corrected chi connectivity index (χ0v) is 20.1. The quantitative estimate of drug-likeness (QED) is 0.456. The standard InChI is InChI=1S/C25H24F3N3O4S/c26-25(27,28)19-3-1-2-17(10-19)12-30(13-18-4-5-21-22(11-18)35-16-34-21)14-23-29-20(15-36-23)24(32)31-6-8-33-9-7-31/h1-5,10-11,15H,6-9,12-14,16H2. The Morgan fingerprint density at radius 2 is 1.75 bits per heavy atom. The highest BCUT2D eigenvalue weighted by molar-refractivity contribution is 7.09. The molecule has 5 rings (SSSR count). The van der Waals surface area contributed by atoms with E-state index in [0.29, 0.717) is 67.2 Å². The summed E-state index contributed by atoms with van der Waals surface area (Å²) in [6.07, 6.45) is -4.41. The van der Waals surface area contributed by atoms with Crippen molar-refractivity contribution in [3.05, 3.63) is 75.2 Å². The van der Waals surface area contributed by atoms with Crippen LogP contribution in [0.3, 0.4) is 0 Å². The van der Waals surface area contributed by atoms with Gasteiger partial charge in [0.25, 0.3) is 5.91 Å². The molecule has 3 heterocycles. The lowest BCUT2D eigenvalue weighted by atomic mass is 10.1. The molecule has 0 unspecified atom stereocenters. The third kappa shape index (κ3) is 5.80. The summed E-state index contributed by atoms with van der Waals surface area (Å²) in [5.41, 5.74) is 1.15. The molecular formula is C25H24F3N3O4S. The third-order valence-corrected chi connectivity index (χ3v) is 6.77. The Morgan fingerprint density at radius 1 is 1.00 bits per heavy atom. The number of hydrogen-bond donors (Lipinski definition) is 0. The van der Waals surface area contributed by atoms with Gasteiger partial charge in [0.1, 0.15) is 10.7 Å². The fraction of sp³-hybridized carbons (Fsp3) is 0.360. The molecule has 0 saturated carbocycles. The maximum absolute atomic E-state index is 13.3. The molecule has 0 radical (unpaired) electrons. The lowest BCUT2D eigenvalue weighted by Crippen LogP contribution is -2.40. The first kappa shape index (κ1) is 24.5. The number of morpholine rings is 1. The number of benzene rings is 2. The number of halogens is 3. The molecule has 190 valence electrons. The van der Waals surface area contributed by atoms with Gasteiger partial charge in [-0.1, -0.05) is 24.3 Å². The normalized spacial score (nSPS) is 15.5. The van der Waals surface area contributed by atoms with E-state index in [1.807, 2.05) is 23.1 Å². The van der Waals surface area contributed by atoms with Crippen LogP contribution in [0.15, 0.2) is 47.8 Å². The Hall–Kier alpha value is -3.15. The van der Waals surface area contributed by atoms with Gasteiger partial charge in [-0.2, -0.15) is 13.2 Å². The third-order valence-electron chi connectivity index (χ3n) is 5.93. The fourth-order valence-corrected chi connectivity index (χ4v) is 4.98. The summed E-state index contributed by atoms with van der Waals surface area (Å²) in [5, 5.41) is 2.44. The molecule has 7 nitrogen and oxygen atoms in total. The molecule has 36 heavy (non-hydrogen) atoms. The number of carbonyl (C=O) groups is 1. The number of alkyl halides is 3. The van der Waals surface area contributed by atoms with Gasteiger partial charge in [0, 0.05) is 31.6 Å². The van der Waals surface area contributed by atoms with E-state index >= 15 is 0 Å². The van der Waals surface area contributed by atoms with Gasteiger partial charge in [0.15, 0.2) is 11.5 Å². The van der Waals surface area contributed by atoms with E-state index < -0.39 is 11.7 Å². The Balaban J connectivity index is 1.35. The van der Waals surface area contributed by atoms with Crippen LogP contribution in [0, 0.1) is 0 Å². The van der Waals surface area contributed by atoms with E-state index in [4.69, 9.17) is 14.2 Å². The van der Waals surface area contributed by atoms with E-state index in [1.54, 1.807) is 16.3 Å². The van der Waals surface area contributed by atoms with Crippen LogP contribution in [0.2, 0.25) is 0 Å². The molecule has 11 heteroatoms. The second kappa shape index (κ2) is 10.5. The number of thiazole rings is 1. The summed E-state index contributed by atoms with van der Waals surface area (Å²) >= 11 is 1.36. The van der Waals surface area contributed by atoms with Gasteiger partial charge in [0.05, 0.1) is 25.3 Å². The van der Waals surface area contributed by atoms with Crippen LogP contribution in [0.1, 0.15) is 32.2 Å². The molecule has 3 aromatic rings. The van der Waals surface area contributed by atoms with Crippen molar-refractivity contribution < 1.29 is 32.2 Å². The predicted octanol–water partition coefficient (Wildman–Crippen LogP) is 4.57. The zero-order valence-electron chi connectivity index (χ0n) is 19.3. The molecule has 2 aliphatic heterocycles. The van der Waals surface area contributed by atoms with Crippen LogP contribution in [-0.4, -0.2) is 53.8 Å². The van der Waals surface area contributed by atoms with Crippen LogP contribution in [0.5, 0.6) is 11.5 Å².